The maximum absolute atomic E-state index is 15.0. The zero-order chi connectivity index (χ0) is 45.1. The molecule has 0 fully saturated rings. The largest absolute Gasteiger partial charge is 0.308 e. The van der Waals surface area contributed by atoms with Gasteiger partial charge in [-0.3, -0.25) is 24.0 Å². The van der Waals surface area contributed by atoms with E-state index in [2.05, 4.69) is 16.7 Å². The van der Waals surface area contributed by atoms with Crippen LogP contribution >= 0.6 is 0 Å². The Morgan fingerprint density at radius 1 is 0.373 bits per heavy atom. The molecule has 1 aliphatic heterocycles. The number of benzene rings is 9. The van der Waals surface area contributed by atoms with Gasteiger partial charge in [-0.05, 0) is 112 Å². The first-order valence-corrected chi connectivity index (χ1v) is 22.2. The Hall–Kier alpha value is -9.07. The van der Waals surface area contributed by atoms with E-state index in [9.17, 15) is 14.4 Å². The van der Waals surface area contributed by atoms with Gasteiger partial charge in [0.25, 0.3) is 0 Å². The van der Waals surface area contributed by atoms with Crippen molar-refractivity contribution in [2.75, 3.05) is 0 Å². The summed E-state index contributed by atoms with van der Waals surface area (Å²) in [6, 6.07) is 59.7. The van der Waals surface area contributed by atoms with Gasteiger partial charge in [0, 0.05) is 66.7 Å². The molecule has 13 rings (SSSR count). The number of pyridine rings is 3. The molecule has 0 atom stereocenters. The first-order valence-electron chi connectivity index (χ1n) is 22.2. The van der Waals surface area contributed by atoms with Crippen LogP contribution in [-0.2, 0) is 6.42 Å². The Kier molecular flexibility index (Phi) is 8.29. The molecule has 1 aliphatic rings. The third-order valence-corrected chi connectivity index (χ3v) is 13.6. The van der Waals surface area contributed by atoms with Gasteiger partial charge in [0.1, 0.15) is 0 Å². The summed E-state index contributed by atoms with van der Waals surface area (Å²) in [5.74, 6) is -0.469. The highest BCUT2D eigenvalue weighted by Gasteiger charge is 2.27. The molecular weight excluding hydrogens is 829 g/mol. The van der Waals surface area contributed by atoms with Crippen molar-refractivity contribution in [2.45, 2.75) is 6.42 Å². The summed E-state index contributed by atoms with van der Waals surface area (Å²) in [5.41, 5.74) is 10.2. The smallest absolute Gasteiger partial charge is 0.197 e. The van der Waals surface area contributed by atoms with E-state index >= 15 is 9.59 Å². The minimum absolute atomic E-state index is 0.000832. The van der Waals surface area contributed by atoms with Crippen molar-refractivity contribution in [1.29, 1.82) is 0 Å². The van der Waals surface area contributed by atoms with Crippen molar-refractivity contribution in [1.82, 2.24) is 8.97 Å². The van der Waals surface area contributed by atoms with Gasteiger partial charge < -0.3 is 8.97 Å². The number of hydrogen-bond donors (Lipinski definition) is 0. The number of rotatable bonds is 6. The number of nitrogens with zero attached hydrogens (tertiary/aromatic N) is 2. The van der Waals surface area contributed by atoms with Crippen LogP contribution in [-0.4, -0.2) is 20.5 Å². The van der Waals surface area contributed by atoms with Crippen LogP contribution in [0.3, 0.4) is 0 Å². The molecule has 0 radical (unpaired) electrons. The monoisotopic (exact) mass is 862 g/mol. The number of ketones is 2. The lowest BCUT2D eigenvalue weighted by molar-refractivity contribution is 0.102. The van der Waals surface area contributed by atoms with Gasteiger partial charge >= 0.3 is 0 Å². The predicted molar refractivity (Wildman–Crippen MR) is 268 cm³/mol. The summed E-state index contributed by atoms with van der Waals surface area (Å²) >= 11 is 0. The molecule has 3 aromatic heterocycles. The van der Waals surface area contributed by atoms with Crippen molar-refractivity contribution in [3.63, 3.8) is 0 Å². The van der Waals surface area contributed by atoms with E-state index in [1.165, 1.54) is 0 Å². The Labute approximate surface area is 381 Å². The van der Waals surface area contributed by atoms with Crippen LogP contribution in [0.15, 0.2) is 209 Å². The second kappa shape index (κ2) is 14.5. The second-order valence-corrected chi connectivity index (χ2v) is 17.3. The summed E-state index contributed by atoms with van der Waals surface area (Å²) in [7, 11) is 0. The van der Waals surface area contributed by atoms with Crippen LogP contribution in [0.5, 0.6) is 0 Å². The molecule has 12 aromatic rings. The average Bonchev–Trinajstić information content (AvgIpc) is 3.39. The van der Waals surface area contributed by atoms with Gasteiger partial charge in [0.05, 0.1) is 27.6 Å². The van der Waals surface area contributed by atoms with E-state index in [4.69, 9.17) is 0 Å². The third-order valence-electron chi connectivity index (χ3n) is 13.6. The van der Waals surface area contributed by atoms with Crippen molar-refractivity contribution < 1.29 is 9.59 Å². The van der Waals surface area contributed by atoms with E-state index in [1.54, 1.807) is 48.5 Å². The molecule has 7 heteroatoms. The number of fused-ring (bicyclic) bond motifs is 8. The van der Waals surface area contributed by atoms with Gasteiger partial charge in [-0.2, -0.15) is 0 Å². The highest BCUT2D eigenvalue weighted by molar-refractivity contribution is 6.19. The average molecular weight is 863 g/mol. The molecule has 0 saturated heterocycles. The van der Waals surface area contributed by atoms with Crippen molar-refractivity contribution in [2.24, 2.45) is 0 Å². The topological polar surface area (TPSA) is 94.7 Å². The maximum atomic E-state index is 15.0. The van der Waals surface area contributed by atoms with Gasteiger partial charge in [-0.25, -0.2) is 0 Å². The standard InChI is InChI=1S/C60H34N2O5/c63-56(34-13-3-1-4-14-34)47-33-46(37-26-28-53-49(31-37)60(67)44-22-12-21-43-55(44)62(53)52-24-10-8-19-41(52)59(43)66)48(57(64)35-15-5-2-6-16-35)32-45(47)36-25-27-50-39(29-36)30-38-17-11-20-42-54(38)61(50)51-23-9-7-18-40(51)58(42)65/h1-29,31-33H,30H2. The van der Waals surface area contributed by atoms with Crippen molar-refractivity contribution in [3.05, 3.63) is 258 Å². The number of carbonyl (C=O) groups is 2. The van der Waals surface area contributed by atoms with Crippen molar-refractivity contribution >= 4 is 71.5 Å². The highest BCUT2D eigenvalue weighted by atomic mass is 16.1. The Bertz CT molecular complexity index is 4340. The van der Waals surface area contributed by atoms with Crippen LogP contribution in [0.1, 0.15) is 43.0 Å². The van der Waals surface area contributed by atoms with Gasteiger partial charge in [0.2, 0.25) is 0 Å². The van der Waals surface area contributed by atoms with Crippen LogP contribution in [0.4, 0.5) is 0 Å². The molecular formula is C60H34N2O5. The minimum Gasteiger partial charge on any atom is -0.308 e. The van der Waals surface area contributed by atoms with Crippen LogP contribution in [0, 0.1) is 0 Å². The number of carbonyl (C=O) groups excluding carboxylic acids is 2. The van der Waals surface area contributed by atoms with E-state index in [1.807, 2.05) is 138 Å². The third kappa shape index (κ3) is 5.61. The molecule has 0 spiro atoms. The van der Waals surface area contributed by atoms with Crippen molar-refractivity contribution in [3.8, 4) is 27.9 Å². The second-order valence-electron chi connectivity index (χ2n) is 17.3. The zero-order valence-corrected chi connectivity index (χ0v) is 35.6. The molecule has 314 valence electrons. The van der Waals surface area contributed by atoms with Crippen LogP contribution in [0.25, 0.3) is 87.8 Å². The SMILES string of the molecule is O=C(c1ccccc1)c1cc(-c2ccc3c(c2)c(=O)c2cccc4c(=O)c5ccccc5n3c42)c(C(=O)c2ccccc2)cc1-c1ccc2c(c1)Cc1cccc3c(=O)c4ccccc4n-2c13. The fourth-order valence-corrected chi connectivity index (χ4v) is 10.6. The molecule has 7 nitrogen and oxygen atoms in total. The van der Waals surface area contributed by atoms with Gasteiger partial charge in [0.15, 0.2) is 27.9 Å². The molecule has 0 N–H and O–H groups in total. The van der Waals surface area contributed by atoms with E-state index in [0.29, 0.717) is 94.2 Å². The highest BCUT2D eigenvalue weighted by Crippen LogP contribution is 2.40. The number of aromatic nitrogens is 2. The maximum Gasteiger partial charge on any atom is 0.197 e. The Morgan fingerprint density at radius 3 is 1.49 bits per heavy atom. The summed E-state index contributed by atoms with van der Waals surface area (Å²) in [6.45, 7) is 0. The lowest BCUT2D eigenvalue weighted by atomic mass is 9.84. The first-order chi connectivity index (χ1) is 32.8. The van der Waals surface area contributed by atoms with E-state index in [0.717, 1.165) is 33.4 Å². The fourth-order valence-electron chi connectivity index (χ4n) is 10.6. The van der Waals surface area contributed by atoms with Gasteiger partial charge in [-0.1, -0.05) is 115 Å². The summed E-state index contributed by atoms with van der Waals surface area (Å²) < 4.78 is 4.16. The lowest BCUT2D eigenvalue weighted by Crippen LogP contribution is -2.16. The van der Waals surface area contributed by atoms with Crippen LogP contribution in [0.2, 0.25) is 0 Å². The molecule has 4 heterocycles. The van der Waals surface area contributed by atoms with E-state index < -0.39 is 0 Å². The fraction of sp³-hybridized carbons (Fsp3) is 0.0167. The molecule has 0 aliphatic carbocycles. The first kappa shape index (κ1) is 38.4. The molecule has 0 saturated carbocycles. The summed E-state index contributed by atoms with van der Waals surface area (Å²) in [6.07, 6.45) is 0.553. The van der Waals surface area contributed by atoms with Gasteiger partial charge in [-0.15, -0.1) is 0 Å². The molecule has 9 aromatic carbocycles. The van der Waals surface area contributed by atoms with Crippen LogP contribution < -0.4 is 16.3 Å². The molecule has 0 bridgehead atoms. The molecule has 0 amide bonds. The summed E-state index contributed by atoms with van der Waals surface area (Å²) in [4.78, 5) is 72.2. The Balaban J connectivity index is 1.08. The Morgan fingerprint density at radius 2 is 0.851 bits per heavy atom. The molecule has 67 heavy (non-hydrogen) atoms. The number of hydrogen-bond acceptors (Lipinski definition) is 5. The lowest BCUT2D eigenvalue weighted by Gasteiger charge is -2.26. The predicted octanol–water partition coefficient (Wildman–Crippen LogP) is 11.7. The zero-order valence-electron chi connectivity index (χ0n) is 35.6. The molecule has 0 unspecified atom stereocenters. The summed E-state index contributed by atoms with van der Waals surface area (Å²) in [5, 5.41) is 3.11. The normalized spacial score (nSPS) is 12.1. The minimum atomic E-state index is -0.243. The number of para-hydroxylation sites is 4. The quantitative estimate of drug-likeness (QED) is 0.0943. The van der Waals surface area contributed by atoms with E-state index in [-0.39, 0.29) is 27.9 Å².